The number of thioether (sulfide) groups is 1. The summed E-state index contributed by atoms with van der Waals surface area (Å²) in [7, 11) is 1.54. The Bertz CT molecular complexity index is 326. The molecule has 0 atom stereocenters. The number of aromatic hydroxyl groups is 1. The zero-order valence-corrected chi connectivity index (χ0v) is 10.1. The van der Waals surface area contributed by atoms with Crippen LogP contribution >= 0.6 is 27.7 Å². The first-order chi connectivity index (χ1) is 6.11. The van der Waals surface area contributed by atoms with Gasteiger partial charge < -0.3 is 9.84 Å². The fraction of sp³-hybridized carbons (Fsp3) is 0.333. The second kappa shape index (κ2) is 4.24. The van der Waals surface area contributed by atoms with Gasteiger partial charge in [-0.2, -0.15) is 0 Å². The molecule has 1 aromatic carbocycles. The van der Waals surface area contributed by atoms with Gasteiger partial charge in [0, 0.05) is 4.90 Å². The molecule has 0 spiro atoms. The predicted molar refractivity (Wildman–Crippen MR) is 58.9 cm³/mol. The number of hydrogen-bond donors (Lipinski definition) is 1. The molecule has 13 heavy (non-hydrogen) atoms. The molecule has 1 N–H and O–H groups in total. The first-order valence-electron chi connectivity index (χ1n) is 3.71. The molecule has 1 rings (SSSR count). The maximum atomic E-state index is 9.65. The molecule has 0 saturated heterocycles. The minimum Gasteiger partial charge on any atom is -0.503 e. The molecule has 0 saturated carbocycles. The third kappa shape index (κ3) is 1.94. The summed E-state index contributed by atoms with van der Waals surface area (Å²) in [5.41, 5.74) is 1.09. The van der Waals surface area contributed by atoms with E-state index in [2.05, 4.69) is 15.9 Å². The molecule has 0 unspecified atom stereocenters. The lowest BCUT2D eigenvalue weighted by Crippen LogP contribution is -1.88. The quantitative estimate of drug-likeness (QED) is 0.831. The van der Waals surface area contributed by atoms with E-state index in [1.54, 1.807) is 18.9 Å². The summed E-state index contributed by atoms with van der Waals surface area (Å²) in [6, 6.07) is 1.83. The van der Waals surface area contributed by atoms with Crippen molar-refractivity contribution in [3.05, 3.63) is 16.1 Å². The first kappa shape index (κ1) is 10.7. The van der Waals surface area contributed by atoms with Crippen molar-refractivity contribution < 1.29 is 9.84 Å². The standard InChI is InChI=1S/C9H11BrO2S/c1-5-4-6(12-2)8(11)7(10)9(5)13-3/h4,11H,1-3H3. The Kier molecular flexibility index (Phi) is 3.50. The molecule has 0 bridgehead atoms. The van der Waals surface area contributed by atoms with Gasteiger partial charge in [0.15, 0.2) is 11.5 Å². The molecule has 0 amide bonds. The van der Waals surface area contributed by atoms with Gasteiger partial charge in [-0.3, -0.25) is 0 Å². The summed E-state index contributed by atoms with van der Waals surface area (Å²) in [6.45, 7) is 1.98. The summed E-state index contributed by atoms with van der Waals surface area (Å²) < 4.78 is 5.72. The van der Waals surface area contributed by atoms with Crippen molar-refractivity contribution >= 4 is 27.7 Å². The number of methoxy groups -OCH3 is 1. The van der Waals surface area contributed by atoms with Gasteiger partial charge in [-0.15, -0.1) is 11.8 Å². The summed E-state index contributed by atoms with van der Waals surface area (Å²) in [5.74, 6) is 0.666. The highest BCUT2D eigenvalue weighted by Crippen LogP contribution is 2.42. The van der Waals surface area contributed by atoms with E-state index in [-0.39, 0.29) is 5.75 Å². The van der Waals surface area contributed by atoms with Crippen LogP contribution in [0.15, 0.2) is 15.4 Å². The fourth-order valence-corrected chi connectivity index (χ4v) is 2.78. The fourth-order valence-electron chi connectivity index (χ4n) is 1.13. The minimum atomic E-state index is 0.164. The highest BCUT2D eigenvalue weighted by atomic mass is 79.9. The van der Waals surface area contributed by atoms with E-state index >= 15 is 0 Å². The van der Waals surface area contributed by atoms with Gasteiger partial charge in [0.2, 0.25) is 0 Å². The monoisotopic (exact) mass is 262 g/mol. The maximum Gasteiger partial charge on any atom is 0.173 e. The van der Waals surface area contributed by atoms with Gasteiger partial charge >= 0.3 is 0 Å². The molecule has 0 heterocycles. The third-order valence-corrected chi connectivity index (χ3v) is 3.74. The Labute approximate surface area is 90.4 Å². The molecule has 2 nitrogen and oxygen atoms in total. The van der Waals surface area contributed by atoms with Crippen LogP contribution in [-0.2, 0) is 0 Å². The topological polar surface area (TPSA) is 29.5 Å². The average Bonchev–Trinajstić information content (AvgIpc) is 2.12. The van der Waals surface area contributed by atoms with E-state index in [4.69, 9.17) is 4.74 Å². The van der Waals surface area contributed by atoms with E-state index in [1.807, 2.05) is 19.2 Å². The number of hydrogen-bond acceptors (Lipinski definition) is 3. The van der Waals surface area contributed by atoms with Crippen molar-refractivity contribution in [2.45, 2.75) is 11.8 Å². The number of aryl methyl sites for hydroxylation is 1. The zero-order chi connectivity index (χ0) is 10.0. The number of halogens is 1. The average molecular weight is 263 g/mol. The molecule has 0 aliphatic rings. The molecular weight excluding hydrogens is 252 g/mol. The molecule has 0 fully saturated rings. The molecular formula is C9H11BrO2S. The molecule has 4 heteroatoms. The SMILES string of the molecule is COc1cc(C)c(SC)c(Br)c1O. The second-order valence-corrected chi connectivity index (χ2v) is 4.20. The summed E-state index contributed by atoms with van der Waals surface area (Å²) in [6.07, 6.45) is 1.97. The lowest BCUT2D eigenvalue weighted by atomic mass is 10.2. The molecule has 0 aliphatic carbocycles. The Balaban J connectivity index is 3.37. The van der Waals surface area contributed by atoms with Crippen LogP contribution in [0.25, 0.3) is 0 Å². The van der Waals surface area contributed by atoms with Crippen LogP contribution in [0.1, 0.15) is 5.56 Å². The minimum absolute atomic E-state index is 0.164. The molecule has 0 aromatic heterocycles. The number of ether oxygens (including phenoxy) is 1. The number of phenols is 1. The van der Waals surface area contributed by atoms with E-state index in [1.165, 1.54) is 0 Å². The lowest BCUT2D eigenvalue weighted by molar-refractivity contribution is 0.370. The van der Waals surface area contributed by atoms with Crippen molar-refractivity contribution in [3.8, 4) is 11.5 Å². The van der Waals surface area contributed by atoms with Gasteiger partial charge in [-0.1, -0.05) is 0 Å². The number of rotatable bonds is 2. The Morgan fingerprint density at radius 1 is 1.54 bits per heavy atom. The van der Waals surface area contributed by atoms with Crippen LogP contribution in [0.5, 0.6) is 11.5 Å². The van der Waals surface area contributed by atoms with Crippen molar-refractivity contribution in [3.63, 3.8) is 0 Å². The van der Waals surface area contributed by atoms with E-state index in [0.717, 1.165) is 10.5 Å². The lowest BCUT2D eigenvalue weighted by Gasteiger charge is -2.11. The summed E-state index contributed by atoms with van der Waals surface area (Å²) >= 11 is 4.92. The molecule has 0 aliphatic heterocycles. The number of benzene rings is 1. The van der Waals surface area contributed by atoms with Gasteiger partial charge in [-0.25, -0.2) is 0 Å². The molecule has 0 radical (unpaired) electrons. The second-order valence-electron chi connectivity index (χ2n) is 2.59. The predicted octanol–water partition coefficient (Wildman–Crippen LogP) is 3.19. The van der Waals surface area contributed by atoms with Crippen molar-refractivity contribution in [1.29, 1.82) is 0 Å². The Morgan fingerprint density at radius 3 is 2.62 bits per heavy atom. The highest BCUT2D eigenvalue weighted by Gasteiger charge is 2.13. The maximum absolute atomic E-state index is 9.65. The van der Waals surface area contributed by atoms with Crippen LogP contribution in [0.4, 0.5) is 0 Å². The van der Waals surface area contributed by atoms with Crippen LogP contribution < -0.4 is 4.74 Å². The van der Waals surface area contributed by atoms with Crippen molar-refractivity contribution in [1.82, 2.24) is 0 Å². The van der Waals surface area contributed by atoms with Gasteiger partial charge in [-0.05, 0) is 40.7 Å². The van der Waals surface area contributed by atoms with Gasteiger partial charge in [0.05, 0.1) is 11.6 Å². The molecule has 72 valence electrons. The van der Waals surface area contributed by atoms with Crippen LogP contribution in [0.2, 0.25) is 0 Å². The van der Waals surface area contributed by atoms with Crippen molar-refractivity contribution in [2.24, 2.45) is 0 Å². The van der Waals surface area contributed by atoms with E-state index in [0.29, 0.717) is 10.2 Å². The summed E-state index contributed by atoms with van der Waals surface area (Å²) in [5, 5.41) is 9.65. The van der Waals surface area contributed by atoms with E-state index < -0.39 is 0 Å². The van der Waals surface area contributed by atoms with Crippen LogP contribution in [0.3, 0.4) is 0 Å². The highest BCUT2D eigenvalue weighted by molar-refractivity contribution is 9.10. The number of phenolic OH excluding ortho intramolecular Hbond substituents is 1. The Hall–Kier alpha value is -0.350. The van der Waals surface area contributed by atoms with Crippen LogP contribution in [-0.4, -0.2) is 18.5 Å². The summed E-state index contributed by atoms with van der Waals surface area (Å²) in [4.78, 5) is 1.04. The van der Waals surface area contributed by atoms with Gasteiger partial charge in [0.25, 0.3) is 0 Å². The molecule has 1 aromatic rings. The van der Waals surface area contributed by atoms with Crippen molar-refractivity contribution in [2.75, 3.05) is 13.4 Å². The smallest absolute Gasteiger partial charge is 0.173 e. The normalized spacial score (nSPS) is 10.2. The zero-order valence-electron chi connectivity index (χ0n) is 7.72. The van der Waals surface area contributed by atoms with Crippen LogP contribution in [0, 0.1) is 6.92 Å². The van der Waals surface area contributed by atoms with E-state index in [9.17, 15) is 5.11 Å². The largest absolute Gasteiger partial charge is 0.503 e. The Morgan fingerprint density at radius 2 is 2.15 bits per heavy atom. The first-order valence-corrected chi connectivity index (χ1v) is 5.73. The third-order valence-electron chi connectivity index (χ3n) is 1.77. The van der Waals surface area contributed by atoms with Gasteiger partial charge in [0.1, 0.15) is 0 Å².